The van der Waals surface area contributed by atoms with Crippen LogP contribution in [0.3, 0.4) is 0 Å². The lowest BCUT2D eigenvalue weighted by Gasteiger charge is -2.16. The van der Waals surface area contributed by atoms with Crippen LogP contribution < -0.4 is 20.5 Å². The second kappa shape index (κ2) is 8.28. The number of benzene rings is 2. The number of para-hydroxylation sites is 1. The van der Waals surface area contributed by atoms with Crippen LogP contribution in [0.2, 0.25) is 0 Å². The molecule has 1 aromatic heterocycles. The highest BCUT2D eigenvalue weighted by Gasteiger charge is 2.16. The number of aromatic nitrogens is 1. The van der Waals surface area contributed by atoms with Gasteiger partial charge in [0, 0.05) is 23.8 Å². The minimum Gasteiger partial charge on any atom is -0.490 e. The van der Waals surface area contributed by atoms with Gasteiger partial charge in [0.2, 0.25) is 0 Å². The fraction of sp³-hybridized carbons (Fsp3) is 0.238. The molecule has 3 aromatic rings. The van der Waals surface area contributed by atoms with Gasteiger partial charge in [-0.15, -0.1) is 0 Å². The molecule has 0 saturated carbocycles. The number of nitrogen functional groups attached to an aromatic ring is 1. The molecule has 3 N–H and O–H groups in total. The molecule has 138 valence electrons. The molecule has 27 heavy (non-hydrogen) atoms. The van der Waals surface area contributed by atoms with Crippen LogP contribution in [0.4, 0.5) is 11.4 Å². The third kappa shape index (κ3) is 3.72. The van der Waals surface area contributed by atoms with E-state index in [9.17, 15) is 5.26 Å². The molecule has 1 heterocycles. The zero-order chi connectivity index (χ0) is 19.2. The Labute approximate surface area is 158 Å². The SMILES string of the molecule is CCOc1ccc2c(NCc3ccccc3N)c(C#N)cnc2c1OCC. The number of nitrogens with one attached hydrogen (secondary N) is 1. The van der Waals surface area contributed by atoms with Crippen LogP contribution in [0.1, 0.15) is 25.0 Å². The Bertz CT molecular complexity index is 995. The van der Waals surface area contributed by atoms with Crippen molar-refractivity contribution in [3.8, 4) is 17.6 Å². The smallest absolute Gasteiger partial charge is 0.187 e. The molecular weight excluding hydrogens is 340 g/mol. The fourth-order valence-electron chi connectivity index (χ4n) is 2.93. The first-order chi connectivity index (χ1) is 13.2. The van der Waals surface area contributed by atoms with Crippen LogP contribution in [-0.4, -0.2) is 18.2 Å². The van der Waals surface area contributed by atoms with Crippen molar-refractivity contribution in [2.75, 3.05) is 24.3 Å². The van der Waals surface area contributed by atoms with Gasteiger partial charge in [-0.3, -0.25) is 4.98 Å². The van der Waals surface area contributed by atoms with E-state index in [0.717, 1.165) is 10.9 Å². The minimum atomic E-state index is 0.462. The molecule has 0 aliphatic heterocycles. The molecule has 0 atom stereocenters. The van der Waals surface area contributed by atoms with Gasteiger partial charge in [-0.05, 0) is 37.6 Å². The molecule has 0 radical (unpaired) electrons. The van der Waals surface area contributed by atoms with Gasteiger partial charge in [0.15, 0.2) is 11.5 Å². The van der Waals surface area contributed by atoms with Crippen LogP contribution in [0, 0.1) is 11.3 Å². The highest BCUT2D eigenvalue weighted by Crippen LogP contribution is 2.38. The maximum absolute atomic E-state index is 9.53. The highest BCUT2D eigenvalue weighted by atomic mass is 16.5. The largest absolute Gasteiger partial charge is 0.490 e. The molecule has 0 saturated heterocycles. The maximum atomic E-state index is 9.53. The first kappa shape index (κ1) is 18.3. The Morgan fingerprint density at radius 2 is 1.89 bits per heavy atom. The van der Waals surface area contributed by atoms with Crippen molar-refractivity contribution in [2.24, 2.45) is 0 Å². The summed E-state index contributed by atoms with van der Waals surface area (Å²) >= 11 is 0. The van der Waals surface area contributed by atoms with E-state index in [1.54, 1.807) is 6.20 Å². The number of pyridine rings is 1. The Balaban J connectivity index is 2.08. The predicted molar refractivity (Wildman–Crippen MR) is 107 cm³/mol. The van der Waals surface area contributed by atoms with Gasteiger partial charge in [-0.2, -0.15) is 5.26 Å². The van der Waals surface area contributed by atoms with E-state index >= 15 is 0 Å². The fourth-order valence-corrected chi connectivity index (χ4v) is 2.93. The number of nitriles is 1. The molecule has 0 fully saturated rings. The number of hydrogen-bond donors (Lipinski definition) is 2. The van der Waals surface area contributed by atoms with Crippen LogP contribution in [-0.2, 0) is 6.54 Å². The van der Waals surface area contributed by atoms with Gasteiger partial charge >= 0.3 is 0 Å². The predicted octanol–water partition coefficient (Wildman–Crippen LogP) is 4.10. The molecule has 0 aliphatic carbocycles. The normalized spacial score (nSPS) is 10.4. The lowest BCUT2D eigenvalue weighted by molar-refractivity contribution is 0.290. The Kier molecular flexibility index (Phi) is 5.62. The Hall–Kier alpha value is -3.46. The molecule has 3 rings (SSSR count). The van der Waals surface area contributed by atoms with Gasteiger partial charge in [0.25, 0.3) is 0 Å². The number of hydrogen-bond acceptors (Lipinski definition) is 6. The second-order valence-electron chi connectivity index (χ2n) is 5.87. The van der Waals surface area contributed by atoms with E-state index in [4.69, 9.17) is 15.2 Å². The van der Waals surface area contributed by atoms with Gasteiger partial charge in [-0.1, -0.05) is 18.2 Å². The van der Waals surface area contributed by atoms with E-state index in [-0.39, 0.29) is 0 Å². The zero-order valence-electron chi connectivity index (χ0n) is 15.5. The summed E-state index contributed by atoms with van der Waals surface area (Å²) in [4.78, 5) is 4.45. The van der Waals surface area contributed by atoms with Crippen LogP contribution in [0.25, 0.3) is 10.9 Å². The molecule has 0 amide bonds. The van der Waals surface area contributed by atoms with E-state index in [0.29, 0.717) is 53.7 Å². The molecule has 0 bridgehead atoms. The molecule has 0 aliphatic rings. The van der Waals surface area contributed by atoms with Crippen LogP contribution in [0.15, 0.2) is 42.6 Å². The molecule has 0 spiro atoms. The van der Waals surface area contributed by atoms with Crippen molar-refractivity contribution < 1.29 is 9.47 Å². The third-order valence-corrected chi connectivity index (χ3v) is 4.18. The summed E-state index contributed by atoms with van der Waals surface area (Å²) in [5.74, 6) is 1.23. The number of nitrogens with zero attached hydrogens (tertiary/aromatic N) is 2. The Morgan fingerprint density at radius 3 is 2.59 bits per heavy atom. The van der Waals surface area contributed by atoms with Gasteiger partial charge in [0.1, 0.15) is 11.6 Å². The number of fused-ring (bicyclic) bond motifs is 1. The van der Waals surface area contributed by atoms with Crippen molar-refractivity contribution >= 4 is 22.3 Å². The summed E-state index contributed by atoms with van der Waals surface area (Å²) in [6.07, 6.45) is 1.55. The monoisotopic (exact) mass is 362 g/mol. The van der Waals surface area contributed by atoms with Gasteiger partial charge in [0.05, 0.1) is 24.5 Å². The summed E-state index contributed by atoms with van der Waals surface area (Å²) in [6, 6.07) is 13.6. The lowest BCUT2D eigenvalue weighted by atomic mass is 10.1. The first-order valence-corrected chi connectivity index (χ1v) is 8.88. The number of anilines is 2. The van der Waals surface area contributed by atoms with Crippen molar-refractivity contribution in [3.05, 3.63) is 53.7 Å². The van der Waals surface area contributed by atoms with E-state index in [1.165, 1.54) is 0 Å². The average Bonchev–Trinajstić information content (AvgIpc) is 2.69. The number of ether oxygens (including phenoxy) is 2. The maximum Gasteiger partial charge on any atom is 0.187 e. The van der Waals surface area contributed by atoms with Crippen molar-refractivity contribution in [1.29, 1.82) is 5.26 Å². The first-order valence-electron chi connectivity index (χ1n) is 8.88. The molecule has 6 nitrogen and oxygen atoms in total. The minimum absolute atomic E-state index is 0.462. The van der Waals surface area contributed by atoms with Crippen molar-refractivity contribution in [1.82, 2.24) is 4.98 Å². The van der Waals surface area contributed by atoms with Gasteiger partial charge in [-0.25, -0.2) is 0 Å². The average molecular weight is 362 g/mol. The Morgan fingerprint density at radius 1 is 1.11 bits per heavy atom. The summed E-state index contributed by atoms with van der Waals surface area (Å²) in [7, 11) is 0. The highest BCUT2D eigenvalue weighted by molar-refractivity contribution is 5.98. The molecular formula is C21H22N4O2. The standard InChI is InChI=1S/C21H22N4O2/c1-3-26-18-10-9-16-19(24-12-14-7-5-6-8-17(14)23)15(11-22)13-25-20(16)21(18)27-4-2/h5-10,13H,3-4,12,23H2,1-2H3,(H,24,25). The van der Waals surface area contributed by atoms with E-state index < -0.39 is 0 Å². The molecule has 6 heteroatoms. The van der Waals surface area contributed by atoms with Crippen LogP contribution >= 0.6 is 0 Å². The van der Waals surface area contributed by atoms with E-state index in [1.807, 2.05) is 50.2 Å². The van der Waals surface area contributed by atoms with Crippen molar-refractivity contribution in [3.63, 3.8) is 0 Å². The lowest BCUT2D eigenvalue weighted by Crippen LogP contribution is -2.06. The van der Waals surface area contributed by atoms with Crippen LogP contribution in [0.5, 0.6) is 11.5 Å². The van der Waals surface area contributed by atoms with E-state index in [2.05, 4.69) is 16.4 Å². The van der Waals surface area contributed by atoms with Crippen molar-refractivity contribution in [2.45, 2.75) is 20.4 Å². The third-order valence-electron chi connectivity index (χ3n) is 4.18. The zero-order valence-corrected chi connectivity index (χ0v) is 15.5. The summed E-state index contributed by atoms with van der Waals surface area (Å²) in [5.41, 5.74) is 9.52. The summed E-state index contributed by atoms with van der Waals surface area (Å²) in [6.45, 7) is 5.35. The molecule has 0 unspecified atom stereocenters. The quantitative estimate of drug-likeness (QED) is 0.615. The summed E-state index contributed by atoms with van der Waals surface area (Å²) in [5, 5.41) is 13.7. The molecule has 2 aromatic carbocycles. The number of rotatable bonds is 7. The van der Waals surface area contributed by atoms with Gasteiger partial charge < -0.3 is 20.5 Å². The topological polar surface area (TPSA) is 93.2 Å². The number of nitrogens with two attached hydrogens (primary N) is 1. The second-order valence-corrected chi connectivity index (χ2v) is 5.87. The summed E-state index contributed by atoms with van der Waals surface area (Å²) < 4.78 is 11.5.